The van der Waals surface area contributed by atoms with Crippen molar-refractivity contribution in [2.75, 3.05) is 12.4 Å². The second-order valence-electron chi connectivity index (χ2n) is 5.69. The van der Waals surface area contributed by atoms with Crippen LogP contribution in [-0.4, -0.2) is 13.0 Å². The molecule has 0 aliphatic heterocycles. The van der Waals surface area contributed by atoms with E-state index in [-0.39, 0.29) is 23.6 Å². The van der Waals surface area contributed by atoms with Crippen LogP contribution in [0.2, 0.25) is 0 Å². The Morgan fingerprint density at radius 1 is 1.23 bits per heavy atom. The second kappa shape index (κ2) is 5.79. The fourth-order valence-corrected chi connectivity index (χ4v) is 2.71. The van der Waals surface area contributed by atoms with Crippen molar-refractivity contribution >= 4 is 11.6 Å². The van der Waals surface area contributed by atoms with Gasteiger partial charge in [-0.2, -0.15) is 0 Å². The summed E-state index contributed by atoms with van der Waals surface area (Å²) >= 11 is 0. The minimum Gasteiger partial charge on any atom is -0.495 e. The van der Waals surface area contributed by atoms with Gasteiger partial charge in [-0.15, -0.1) is 0 Å². The summed E-state index contributed by atoms with van der Waals surface area (Å²) in [6.45, 7) is 1.97. The van der Waals surface area contributed by atoms with Gasteiger partial charge in [-0.25, -0.2) is 4.39 Å². The maximum Gasteiger partial charge on any atom is 0.228 e. The number of carbonyl (C=O) groups is 1. The van der Waals surface area contributed by atoms with Gasteiger partial charge in [0.1, 0.15) is 11.6 Å². The lowest BCUT2D eigenvalue weighted by molar-refractivity contribution is -0.117. The van der Waals surface area contributed by atoms with E-state index in [0.29, 0.717) is 11.4 Å². The first-order valence-corrected chi connectivity index (χ1v) is 7.29. The summed E-state index contributed by atoms with van der Waals surface area (Å²) in [6.07, 6.45) is 0.797. The molecule has 1 fully saturated rings. The molecule has 1 N–H and O–H groups in total. The Morgan fingerprint density at radius 2 is 1.95 bits per heavy atom. The first-order chi connectivity index (χ1) is 10.6. The zero-order chi connectivity index (χ0) is 15.7. The number of hydrogen-bond donors (Lipinski definition) is 1. The van der Waals surface area contributed by atoms with Crippen LogP contribution in [0, 0.1) is 18.7 Å². The third-order valence-corrected chi connectivity index (χ3v) is 4.04. The van der Waals surface area contributed by atoms with Crippen LogP contribution in [-0.2, 0) is 4.79 Å². The molecule has 0 bridgehead atoms. The highest BCUT2D eigenvalue weighted by molar-refractivity contribution is 5.96. The van der Waals surface area contributed by atoms with E-state index in [9.17, 15) is 9.18 Å². The lowest BCUT2D eigenvalue weighted by atomic mass is 10.1. The van der Waals surface area contributed by atoms with Gasteiger partial charge >= 0.3 is 0 Å². The number of ether oxygens (including phenoxy) is 1. The lowest BCUT2D eigenvalue weighted by Crippen LogP contribution is -2.15. The molecule has 22 heavy (non-hydrogen) atoms. The molecule has 2 aromatic rings. The largest absolute Gasteiger partial charge is 0.495 e. The van der Waals surface area contributed by atoms with Crippen molar-refractivity contribution in [3.8, 4) is 5.75 Å². The van der Waals surface area contributed by atoms with Crippen LogP contribution in [0.4, 0.5) is 10.1 Å². The van der Waals surface area contributed by atoms with E-state index >= 15 is 0 Å². The van der Waals surface area contributed by atoms with Crippen LogP contribution < -0.4 is 10.1 Å². The Bertz CT molecular complexity index is 697. The Hall–Kier alpha value is -2.36. The smallest absolute Gasteiger partial charge is 0.228 e. The van der Waals surface area contributed by atoms with Crippen LogP contribution >= 0.6 is 0 Å². The van der Waals surface area contributed by atoms with Gasteiger partial charge in [0, 0.05) is 5.92 Å². The van der Waals surface area contributed by atoms with Crippen molar-refractivity contribution < 1.29 is 13.9 Å². The molecular formula is C18H18FNO2. The molecule has 1 aliphatic carbocycles. The summed E-state index contributed by atoms with van der Waals surface area (Å²) in [7, 11) is 1.58. The van der Waals surface area contributed by atoms with Gasteiger partial charge < -0.3 is 10.1 Å². The number of hydrogen-bond acceptors (Lipinski definition) is 2. The van der Waals surface area contributed by atoms with Crippen LogP contribution in [0.15, 0.2) is 42.5 Å². The maximum atomic E-state index is 12.9. The van der Waals surface area contributed by atoms with Crippen LogP contribution in [0.5, 0.6) is 5.75 Å². The molecule has 4 heteroatoms. The number of benzene rings is 2. The first kappa shape index (κ1) is 14.6. The molecule has 1 aliphatic rings. The van der Waals surface area contributed by atoms with Crippen LogP contribution in [0.1, 0.15) is 23.5 Å². The van der Waals surface area contributed by atoms with Crippen LogP contribution in [0.3, 0.4) is 0 Å². The topological polar surface area (TPSA) is 38.3 Å². The van der Waals surface area contributed by atoms with Crippen molar-refractivity contribution in [1.29, 1.82) is 0 Å². The third kappa shape index (κ3) is 2.96. The molecule has 1 amide bonds. The molecule has 3 nitrogen and oxygen atoms in total. The quantitative estimate of drug-likeness (QED) is 0.930. The predicted molar refractivity (Wildman–Crippen MR) is 83.6 cm³/mol. The first-order valence-electron chi connectivity index (χ1n) is 7.29. The van der Waals surface area contributed by atoms with E-state index in [1.165, 1.54) is 12.1 Å². The second-order valence-corrected chi connectivity index (χ2v) is 5.69. The monoisotopic (exact) mass is 299 g/mol. The summed E-state index contributed by atoms with van der Waals surface area (Å²) in [5, 5.41) is 2.94. The van der Waals surface area contributed by atoms with Gasteiger partial charge in [0.25, 0.3) is 0 Å². The highest BCUT2D eigenvalue weighted by atomic mass is 19.1. The number of rotatable bonds is 4. The minimum absolute atomic E-state index is 0.0155. The number of carbonyl (C=O) groups excluding carboxylic acids is 1. The summed E-state index contributed by atoms with van der Waals surface area (Å²) in [5.74, 6) is 0.498. The number of nitrogens with one attached hydrogen (secondary N) is 1. The predicted octanol–water partition coefficient (Wildman–Crippen LogP) is 3.88. The standard InChI is InChI=1S/C18H18FNO2/c1-11-3-8-17(22-2)16(9-11)20-18(21)15-10-14(15)12-4-6-13(19)7-5-12/h3-9,14-15H,10H2,1-2H3,(H,20,21). The molecule has 3 rings (SSSR count). The van der Waals surface area contributed by atoms with Crippen molar-refractivity contribution in [2.45, 2.75) is 19.3 Å². The number of methoxy groups -OCH3 is 1. The molecule has 2 aromatic carbocycles. The zero-order valence-electron chi connectivity index (χ0n) is 12.6. The van der Waals surface area contributed by atoms with E-state index in [1.807, 2.05) is 25.1 Å². The fourth-order valence-electron chi connectivity index (χ4n) is 2.71. The van der Waals surface area contributed by atoms with Crippen molar-refractivity contribution in [2.24, 2.45) is 5.92 Å². The molecule has 0 aromatic heterocycles. The number of aryl methyl sites for hydroxylation is 1. The molecule has 1 saturated carbocycles. The number of amides is 1. The molecule has 0 saturated heterocycles. The Balaban J connectivity index is 1.69. The highest BCUT2D eigenvalue weighted by Gasteiger charge is 2.44. The lowest BCUT2D eigenvalue weighted by Gasteiger charge is -2.11. The van der Waals surface area contributed by atoms with Gasteiger partial charge in [-0.3, -0.25) is 4.79 Å². The van der Waals surface area contributed by atoms with E-state index < -0.39 is 0 Å². The molecule has 114 valence electrons. The SMILES string of the molecule is COc1ccc(C)cc1NC(=O)C1CC1c1ccc(F)cc1. The summed E-state index contributed by atoms with van der Waals surface area (Å²) in [6, 6.07) is 12.0. The summed E-state index contributed by atoms with van der Waals surface area (Å²) < 4.78 is 18.2. The maximum absolute atomic E-state index is 12.9. The Labute approximate surface area is 129 Å². The third-order valence-electron chi connectivity index (χ3n) is 4.04. The van der Waals surface area contributed by atoms with Gasteiger partial charge in [0.2, 0.25) is 5.91 Å². The molecular weight excluding hydrogens is 281 g/mol. The molecule has 0 radical (unpaired) electrons. The summed E-state index contributed by atoms with van der Waals surface area (Å²) in [4.78, 5) is 12.4. The van der Waals surface area contributed by atoms with Gasteiger partial charge in [-0.1, -0.05) is 18.2 Å². The van der Waals surface area contributed by atoms with Gasteiger partial charge in [0.05, 0.1) is 12.8 Å². The highest BCUT2D eigenvalue weighted by Crippen LogP contribution is 2.48. The van der Waals surface area contributed by atoms with E-state index in [2.05, 4.69) is 5.32 Å². The van der Waals surface area contributed by atoms with E-state index in [0.717, 1.165) is 17.5 Å². The molecule has 0 spiro atoms. The van der Waals surface area contributed by atoms with Crippen LogP contribution in [0.25, 0.3) is 0 Å². The Morgan fingerprint density at radius 3 is 2.64 bits per heavy atom. The van der Waals surface area contributed by atoms with Gasteiger partial charge in [0.15, 0.2) is 0 Å². The van der Waals surface area contributed by atoms with Crippen molar-refractivity contribution in [3.63, 3.8) is 0 Å². The van der Waals surface area contributed by atoms with Crippen molar-refractivity contribution in [1.82, 2.24) is 0 Å². The van der Waals surface area contributed by atoms with Crippen molar-refractivity contribution in [3.05, 3.63) is 59.4 Å². The molecule has 2 unspecified atom stereocenters. The molecule has 2 atom stereocenters. The van der Waals surface area contributed by atoms with E-state index in [4.69, 9.17) is 4.74 Å². The normalized spacial score (nSPS) is 19.6. The average Bonchev–Trinajstić information content (AvgIpc) is 3.29. The summed E-state index contributed by atoms with van der Waals surface area (Å²) in [5.41, 5.74) is 2.76. The fraction of sp³-hybridized carbons (Fsp3) is 0.278. The van der Waals surface area contributed by atoms with E-state index in [1.54, 1.807) is 19.2 Å². The molecule has 0 heterocycles. The zero-order valence-corrected chi connectivity index (χ0v) is 12.6. The minimum atomic E-state index is -0.255. The number of anilines is 1. The average molecular weight is 299 g/mol. The Kier molecular flexibility index (Phi) is 3.84. The van der Waals surface area contributed by atoms with Gasteiger partial charge in [-0.05, 0) is 54.7 Å². The number of halogens is 1.